The van der Waals surface area contributed by atoms with Crippen LogP contribution in [-0.4, -0.2) is 18.2 Å². The number of nitrogens with one attached hydrogen (secondary N) is 1. The van der Waals surface area contributed by atoms with Gasteiger partial charge >= 0.3 is 0 Å². The molecule has 1 rings (SSSR count). The standard InChI is InChI=1S/C9H16N2/c1-8-6-9(2)11(7-8)5-4-10-3/h6-7,10H,4-5H2,1-3H3. The van der Waals surface area contributed by atoms with Crippen molar-refractivity contribution in [2.45, 2.75) is 20.4 Å². The molecule has 0 aliphatic heterocycles. The van der Waals surface area contributed by atoms with Gasteiger partial charge in [0.15, 0.2) is 0 Å². The number of rotatable bonds is 3. The first-order valence-electron chi connectivity index (χ1n) is 4.02. The van der Waals surface area contributed by atoms with Gasteiger partial charge in [0.2, 0.25) is 0 Å². The molecule has 1 aromatic rings. The highest BCUT2D eigenvalue weighted by Gasteiger charge is 1.96. The summed E-state index contributed by atoms with van der Waals surface area (Å²) in [6, 6.07) is 2.20. The molecule has 0 radical (unpaired) electrons. The number of hydrogen-bond donors (Lipinski definition) is 1. The number of nitrogens with zero attached hydrogens (tertiary/aromatic N) is 1. The first-order valence-corrected chi connectivity index (χ1v) is 4.02. The highest BCUT2D eigenvalue weighted by Crippen LogP contribution is 2.04. The molecular weight excluding hydrogens is 136 g/mol. The molecule has 0 aromatic carbocycles. The summed E-state index contributed by atoms with van der Waals surface area (Å²) in [7, 11) is 1.98. The number of likely N-dealkylation sites (N-methyl/N-ethyl adjacent to an activating group) is 1. The fraction of sp³-hybridized carbons (Fsp3) is 0.556. The second kappa shape index (κ2) is 3.58. The molecule has 0 atom stereocenters. The van der Waals surface area contributed by atoms with Crippen LogP contribution in [0.3, 0.4) is 0 Å². The van der Waals surface area contributed by atoms with E-state index in [2.05, 4.69) is 36.0 Å². The van der Waals surface area contributed by atoms with Gasteiger partial charge in [-0.3, -0.25) is 0 Å². The zero-order valence-corrected chi connectivity index (χ0v) is 7.52. The Labute approximate surface area is 68.2 Å². The van der Waals surface area contributed by atoms with Crippen molar-refractivity contribution in [3.05, 3.63) is 23.5 Å². The van der Waals surface area contributed by atoms with Crippen molar-refractivity contribution in [1.29, 1.82) is 0 Å². The minimum absolute atomic E-state index is 1.04. The molecule has 11 heavy (non-hydrogen) atoms. The van der Waals surface area contributed by atoms with E-state index >= 15 is 0 Å². The van der Waals surface area contributed by atoms with Gasteiger partial charge in [0.25, 0.3) is 0 Å². The van der Waals surface area contributed by atoms with Crippen molar-refractivity contribution in [2.24, 2.45) is 0 Å². The summed E-state index contributed by atoms with van der Waals surface area (Å²) in [5.41, 5.74) is 2.69. The maximum Gasteiger partial charge on any atom is 0.0347 e. The van der Waals surface area contributed by atoms with Crippen molar-refractivity contribution in [3.8, 4) is 0 Å². The van der Waals surface area contributed by atoms with E-state index in [0.717, 1.165) is 13.1 Å². The van der Waals surface area contributed by atoms with Gasteiger partial charge in [-0.05, 0) is 32.5 Å². The highest BCUT2D eigenvalue weighted by molar-refractivity contribution is 5.15. The Morgan fingerprint density at radius 1 is 1.45 bits per heavy atom. The first kappa shape index (κ1) is 8.34. The summed E-state index contributed by atoms with van der Waals surface area (Å²) in [6.07, 6.45) is 2.19. The van der Waals surface area contributed by atoms with Crippen LogP contribution in [0.25, 0.3) is 0 Å². The van der Waals surface area contributed by atoms with Crippen LogP contribution in [0.2, 0.25) is 0 Å². The molecule has 1 aromatic heterocycles. The zero-order chi connectivity index (χ0) is 8.27. The zero-order valence-electron chi connectivity index (χ0n) is 7.52. The van der Waals surface area contributed by atoms with Gasteiger partial charge in [0.1, 0.15) is 0 Å². The minimum atomic E-state index is 1.04. The lowest BCUT2D eigenvalue weighted by atomic mass is 10.4. The summed E-state index contributed by atoms with van der Waals surface area (Å²) in [5, 5.41) is 3.13. The molecule has 0 saturated heterocycles. The average molecular weight is 152 g/mol. The third-order valence-electron chi connectivity index (χ3n) is 1.85. The number of aromatic nitrogens is 1. The fourth-order valence-electron chi connectivity index (χ4n) is 1.27. The van der Waals surface area contributed by atoms with Crippen molar-refractivity contribution in [2.75, 3.05) is 13.6 Å². The molecule has 0 fully saturated rings. The van der Waals surface area contributed by atoms with Crippen LogP contribution < -0.4 is 5.32 Å². The molecule has 0 bridgehead atoms. The van der Waals surface area contributed by atoms with Crippen LogP contribution >= 0.6 is 0 Å². The molecule has 2 heteroatoms. The minimum Gasteiger partial charge on any atom is -0.350 e. The Hall–Kier alpha value is -0.760. The van der Waals surface area contributed by atoms with Crippen molar-refractivity contribution in [1.82, 2.24) is 9.88 Å². The van der Waals surface area contributed by atoms with Crippen LogP contribution in [-0.2, 0) is 6.54 Å². The van der Waals surface area contributed by atoms with Crippen molar-refractivity contribution in [3.63, 3.8) is 0 Å². The third kappa shape index (κ3) is 2.09. The Morgan fingerprint density at radius 2 is 2.18 bits per heavy atom. The molecule has 62 valence electrons. The average Bonchev–Trinajstić information content (AvgIpc) is 2.26. The smallest absolute Gasteiger partial charge is 0.0347 e. The number of hydrogen-bond acceptors (Lipinski definition) is 1. The molecular formula is C9H16N2. The Morgan fingerprint density at radius 3 is 2.64 bits per heavy atom. The van der Waals surface area contributed by atoms with E-state index in [9.17, 15) is 0 Å². The van der Waals surface area contributed by atoms with E-state index in [1.54, 1.807) is 0 Å². The molecule has 1 N–H and O–H groups in total. The largest absolute Gasteiger partial charge is 0.350 e. The van der Waals surface area contributed by atoms with Gasteiger partial charge in [0, 0.05) is 25.0 Å². The second-order valence-electron chi connectivity index (χ2n) is 2.96. The normalized spacial score (nSPS) is 10.5. The van der Waals surface area contributed by atoms with Crippen LogP contribution in [0.4, 0.5) is 0 Å². The first-order chi connectivity index (χ1) is 5.24. The summed E-state index contributed by atoms with van der Waals surface area (Å²) < 4.78 is 2.27. The van der Waals surface area contributed by atoms with Crippen LogP contribution in [0.1, 0.15) is 11.3 Å². The lowest BCUT2D eigenvalue weighted by molar-refractivity contribution is 0.634. The second-order valence-corrected chi connectivity index (χ2v) is 2.96. The molecule has 1 heterocycles. The monoisotopic (exact) mass is 152 g/mol. The molecule has 0 spiro atoms. The summed E-state index contributed by atoms with van der Waals surface area (Å²) >= 11 is 0. The molecule has 0 aliphatic rings. The van der Waals surface area contributed by atoms with Gasteiger partial charge in [-0.25, -0.2) is 0 Å². The SMILES string of the molecule is CNCCn1cc(C)cc1C. The van der Waals surface area contributed by atoms with Gasteiger partial charge in [-0.15, -0.1) is 0 Å². The van der Waals surface area contributed by atoms with Crippen LogP contribution in [0.15, 0.2) is 12.3 Å². The maximum absolute atomic E-state index is 3.13. The maximum atomic E-state index is 3.13. The summed E-state index contributed by atoms with van der Waals surface area (Å²) in [6.45, 7) is 6.37. The molecule has 2 nitrogen and oxygen atoms in total. The molecule has 0 aliphatic carbocycles. The van der Waals surface area contributed by atoms with Gasteiger partial charge in [0.05, 0.1) is 0 Å². The van der Waals surface area contributed by atoms with E-state index in [1.165, 1.54) is 11.3 Å². The molecule has 0 saturated carbocycles. The Bertz CT molecular complexity index is 225. The summed E-state index contributed by atoms with van der Waals surface area (Å²) in [4.78, 5) is 0. The highest BCUT2D eigenvalue weighted by atomic mass is 15.0. The van der Waals surface area contributed by atoms with Crippen molar-refractivity contribution < 1.29 is 0 Å². The van der Waals surface area contributed by atoms with Crippen LogP contribution in [0, 0.1) is 13.8 Å². The number of aryl methyl sites for hydroxylation is 2. The van der Waals surface area contributed by atoms with Crippen LogP contribution in [0.5, 0.6) is 0 Å². The van der Waals surface area contributed by atoms with E-state index in [0.29, 0.717) is 0 Å². The molecule has 0 unspecified atom stereocenters. The predicted molar refractivity (Wildman–Crippen MR) is 47.8 cm³/mol. The van der Waals surface area contributed by atoms with Crippen molar-refractivity contribution >= 4 is 0 Å². The third-order valence-corrected chi connectivity index (χ3v) is 1.85. The van der Waals surface area contributed by atoms with Gasteiger partial charge < -0.3 is 9.88 Å². The van der Waals surface area contributed by atoms with E-state index < -0.39 is 0 Å². The van der Waals surface area contributed by atoms with Gasteiger partial charge in [-0.2, -0.15) is 0 Å². The molecule has 0 amide bonds. The van der Waals surface area contributed by atoms with E-state index in [-0.39, 0.29) is 0 Å². The summed E-state index contributed by atoms with van der Waals surface area (Å²) in [5.74, 6) is 0. The van der Waals surface area contributed by atoms with E-state index in [1.807, 2.05) is 7.05 Å². The topological polar surface area (TPSA) is 17.0 Å². The Balaban J connectivity index is 2.62. The fourth-order valence-corrected chi connectivity index (χ4v) is 1.27. The van der Waals surface area contributed by atoms with E-state index in [4.69, 9.17) is 0 Å². The quantitative estimate of drug-likeness (QED) is 0.691. The van der Waals surface area contributed by atoms with Gasteiger partial charge in [-0.1, -0.05) is 0 Å². The lowest BCUT2D eigenvalue weighted by Gasteiger charge is -2.03. The lowest BCUT2D eigenvalue weighted by Crippen LogP contribution is -2.14. The predicted octanol–water partition coefficient (Wildman–Crippen LogP) is 1.32. The Kier molecular flexibility index (Phi) is 2.71.